The molecule has 132 valence electrons. The third-order valence-corrected chi connectivity index (χ3v) is 5.65. The Labute approximate surface area is 150 Å². The molecule has 4 rings (SSSR count). The van der Waals surface area contributed by atoms with Gasteiger partial charge in [0.25, 0.3) is 0 Å². The normalized spacial score (nSPS) is 18.1. The van der Waals surface area contributed by atoms with Crippen molar-refractivity contribution in [1.29, 1.82) is 0 Å². The topological polar surface area (TPSA) is 21.7 Å². The van der Waals surface area contributed by atoms with Gasteiger partial charge in [0, 0.05) is 19.1 Å². The van der Waals surface area contributed by atoms with E-state index in [2.05, 4.69) is 29.2 Å². The van der Waals surface area contributed by atoms with Crippen molar-refractivity contribution < 1.29 is 9.47 Å². The molecule has 25 heavy (non-hydrogen) atoms. The van der Waals surface area contributed by atoms with Crippen molar-refractivity contribution in [2.75, 3.05) is 20.2 Å². The Kier molecular flexibility index (Phi) is 4.93. The fourth-order valence-electron chi connectivity index (χ4n) is 3.85. The highest BCUT2D eigenvalue weighted by atomic mass is 16.5. The molecule has 3 nitrogen and oxygen atoms in total. The van der Waals surface area contributed by atoms with E-state index in [0.29, 0.717) is 6.61 Å². The van der Waals surface area contributed by atoms with Gasteiger partial charge in [0.15, 0.2) is 0 Å². The minimum Gasteiger partial charge on any atom is -0.497 e. The Hall–Kier alpha value is -2.00. The molecule has 1 heterocycles. The molecule has 2 aliphatic rings. The number of benzene rings is 2. The first-order chi connectivity index (χ1) is 12.3. The summed E-state index contributed by atoms with van der Waals surface area (Å²) in [5.74, 6) is 1.85. The second-order valence-corrected chi connectivity index (χ2v) is 7.19. The van der Waals surface area contributed by atoms with E-state index in [1.807, 2.05) is 18.2 Å². The van der Waals surface area contributed by atoms with E-state index in [-0.39, 0.29) is 0 Å². The molecule has 0 atom stereocenters. The zero-order valence-corrected chi connectivity index (χ0v) is 15.0. The van der Waals surface area contributed by atoms with E-state index in [9.17, 15) is 0 Å². The van der Waals surface area contributed by atoms with Crippen LogP contribution >= 0.6 is 0 Å². The second-order valence-electron chi connectivity index (χ2n) is 7.19. The molecule has 0 unspecified atom stereocenters. The van der Waals surface area contributed by atoms with Gasteiger partial charge in [-0.1, -0.05) is 24.6 Å². The Morgan fingerprint density at radius 2 is 1.80 bits per heavy atom. The zero-order chi connectivity index (χ0) is 17.1. The highest BCUT2D eigenvalue weighted by Crippen LogP contribution is 2.28. The fourth-order valence-corrected chi connectivity index (χ4v) is 3.85. The van der Waals surface area contributed by atoms with Gasteiger partial charge in [0.2, 0.25) is 0 Å². The molecule has 3 heteroatoms. The number of nitrogens with zero attached hydrogens (tertiary/aromatic N) is 1. The number of ether oxygens (including phenoxy) is 2. The summed E-state index contributed by atoms with van der Waals surface area (Å²) in [6.45, 7) is 2.98. The first-order valence-corrected chi connectivity index (χ1v) is 9.43. The summed E-state index contributed by atoms with van der Waals surface area (Å²) in [5.41, 5.74) is 4.09. The maximum absolute atomic E-state index is 6.04. The lowest BCUT2D eigenvalue weighted by Gasteiger charge is -2.36. The molecule has 0 aromatic heterocycles. The number of hydrogen-bond donors (Lipinski definition) is 0. The van der Waals surface area contributed by atoms with Gasteiger partial charge in [0.05, 0.1) is 7.11 Å². The summed E-state index contributed by atoms with van der Waals surface area (Å²) in [4.78, 5) is 2.69. The quantitative estimate of drug-likeness (QED) is 0.815. The van der Waals surface area contributed by atoms with Crippen LogP contribution in [0.2, 0.25) is 0 Å². The van der Waals surface area contributed by atoms with Crippen LogP contribution in [0.3, 0.4) is 0 Å². The molecule has 1 saturated carbocycles. The van der Waals surface area contributed by atoms with E-state index >= 15 is 0 Å². The molecule has 2 aromatic carbocycles. The summed E-state index contributed by atoms with van der Waals surface area (Å²) >= 11 is 0. The average molecular weight is 337 g/mol. The van der Waals surface area contributed by atoms with Crippen LogP contribution in [0.25, 0.3) is 0 Å². The molecule has 0 amide bonds. The highest BCUT2D eigenvalue weighted by Gasteiger charge is 2.26. The van der Waals surface area contributed by atoms with Gasteiger partial charge in [-0.3, -0.25) is 4.90 Å². The number of rotatable bonds is 5. The van der Waals surface area contributed by atoms with Crippen molar-refractivity contribution in [2.24, 2.45) is 0 Å². The van der Waals surface area contributed by atoms with Crippen LogP contribution < -0.4 is 9.47 Å². The highest BCUT2D eigenvalue weighted by molar-refractivity contribution is 5.37. The van der Waals surface area contributed by atoms with Crippen molar-refractivity contribution in [1.82, 2.24) is 4.90 Å². The second kappa shape index (κ2) is 7.49. The molecule has 0 bridgehead atoms. The lowest BCUT2D eigenvalue weighted by molar-refractivity contribution is 0.133. The maximum Gasteiger partial charge on any atom is 0.120 e. The predicted octanol–water partition coefficient (Wildman–Crippen LogP) is 4.23. The lowest BCUT2D eigenvalue weighted by Crippen LogP contribution is -2.41. The van der Waals surface area contributed by atoms with Gasteiger partial charge in [-0.15, -0.1) is 0 Å². The smallest absolute Gasteiger partial charge is 0.120 e. The third-order valence-electron chi connectivity index (χ3n) is 5.65. The van der Waals surface area contributed by atoms with Crippen LogP contribution in [0, 0.1) is 0 Å². The van der Waals surface area contributed by atoms with Crippen molar-refractivity contribution in [3.05, 3.63) is 59.2 Å². The fraction of sp³-hybridized carbons (Fsp3) is 0.455. The average Bonchev–Trinajstić information content (AvgIpc) is 2.81. The van der Waals surface area contributed by atoms with Crippen molar-refractivity contribution in [2.45, 2.75) is 44.8 Å². The molecule has 0 N–H and O–H groups in total. The Bertz CT molecular complexity index is 724. The number of hydrogen-bond acceptors (Lipinski definition) is 3. The van der Waals surface area contributed by atoms with Gasteiger partial charge in [0.1, 0.15) is 18.1 Å². The van der Waals surface area contributed by atoms with Crippen LogP contribution in [-0.4, -0.2) is 31.1 Å². The lowest BCUT2D eigenvalue weighted by atomic mass is 9.91. The van der Waals surface area contributed by atoms with Gasteiger partial charge >= 0.3 is 0 Å². The Balaban J connectivity index is 1.40. The monoisotopic (exact) mass is 337 g/mol. The number of fused-ring (bicyclic) bond motifs is 1. The number of methoxy groups -OCH3 is 1. The van der Waals surface area contributed by atoms with Crippen LogP contribution in [0.5, 0.6) is 11.5 Å². The molecule has 2 aromatic rings. The largest absolute Gasteiger partial charge is 0.497 e. The minimum atomic E-state index is 0.574. The molecule has 0 saturated heterocycles. The minimum absolute atomic E-state index is 0.574. The van der Waals surface area contributed by atoms with Crippen molar-refractivity contribution in [3.63, 3.8) is 0 Å². The molecule has 1 aliphatic carbocycles. The van der Waals surface area contributed by atoms with Crippen LogP contribution in [-0.2, 0) is 19.4 Å². The van der Waals surface area contributed by atoms with E-state index in [0.717, 1.165) is 29.5 Å². The summed E-state index contributed by atoms with van der Waals surface area (Å²) in [6, 6.07) is 15.5. The molecular weight excluding hydrogens is 310 g/mol. The summed E-state index contributed by atoms with van der Waals surface area (Å²) in [6.07, 6.45) is 6.51. The van der Waals surface area contributed by atoms with Crippen LogP contribution in [0.1, 0.15) is 36.0 Å². The van der Waals surface area contributed by atoms with E-state index < -0.39 is 0 Å². The van der Waals surface area contributed by atoms with Gasteiger partial charge in [-0.05, 0) is 66.6 Å². The van der Waals surface area contributed by atoms with E-state index in [4.69, 9.17) is 9.47 Å². The standard InChI is InChI=1S/C22H27NO2/c1-24-21-7-2-4-17(14-21)16-25-22-9-8-18-10-12-23(20-5-3-6-20)13-11-19(18)15-22/h2,4,7-9,14-15,20H,3,5-6,10-13,16H2,1H3. The van der Waals surface area contributed by atoms with Crippen LogP contribution in [0.15, 0.2) is 42.5 Å². The summed E-state index contributed by atoms with van der Waals surface area (Å²) in [5, 5.41) is 0. The SMILES string of the molecule is COc1cccc(COc2ccc3c(c2)CCN(C2CCC2)CC3)c1. The van der Waals surface area contributed by atoms with Gasteiger partial charge in [-0.25, -0.2) is 0 Å². The van der Waals surface area contributed by atoms with Crippen LogP contribution in [0.4, 0.5) is 0 Å². The molecular formula is C22H27NO2. The van der Waals surface area contributed by atoms with Crippen molar-refractivity contribution in [3.8, 4) is 11.5 Å². The molecule has 1 fully saturated rings. The predicted molar refractivity (Wildman–Crippen MR) is 100 cm³/mol. The summed E-state index contributed by atoms with van der Waals surface area (Å²) < 4.78 is 11.3. The third kappa shape index (κ3) is 3.82. The first-order valence-electron chi connectivity index (χ1n) is 9.43. The molecule has 0 radical (unpaired) electrons. The first kappa shape index (κ1) is 16.5. The zero-order valence-electron chi connectivity index (χ0n) is 15.0. The van der Waals surface area contributed by atoms with Crippen molar-refractivity contribution >= 4 is 0 Å². The van der Waals surface area contributed by atoms with E-state index in [1.54, 1.807) is 7.11 Å². The Morgan fingerprint density at radius 1 is 0.960 bits per heavy atom. The molecule has 0 spiro atoms. The molecule has 1 aliphatic heterocycles. The summed E-state index contributed by atoms with van der Waals surface area (Å²) in [7, 11) is 1.69. The van der Waals surface area contributed by atoms with E-state index in [1.165, 1.54) is 49.9 Å². The Morgan fingerprint density at radius 3 is 2.56 bits per heavy atom. The maximum atomic E-state index is 6.04. The van der Waals surface area contributed by atoms with Gasteiger partial charge in [-0.2, -0.15) is 0 Å². The van der Waals surface area contributed by atoms with Gasteiger partial charge < -0.3 is 9.47 Å².